The monoisotopic (exact) mass is 564 g/mol. The van der Waals surface area contributed by atoms with Crippen LogP contribution in [0.1, 0.15) is 103 Å². The summed E-state index contributed by atoms with van der Waals surface area (Å²) in [5, 5.41) is -8.06. The second-order valence-corrected chi connectivity index (χ2v) is 15.4. The first kappa shape index (κ1) is 29.8. The lowest BCUT2D eigenvalue weighted by atomic mass is 9.50. The molecule has 0 aromatic heterocycles. The van der Waals surface area contributed by atoms with Crippen LogP contribution in [0.2, 0.25) is 0 Å². The minimum Gasteiger partial charge on any atom is -0.292 e. The molecule has 0 radical (unpaired) electrons. The number of carbonyl (C=O) groups is 1. The molecule has 3 fully saturated rings. The second kappa shape index (κ2) is 11.1. The van der Waals surface area contributed by atoms with Crippen LogP contribution < -0.4 is 0 Å². The molecular weight excluding hydrogens is 527 g/mol. The predicted octanol–water partition coefficient (Wildman–Crippen LogP) is 6.57. The highest BCUT2D eigenvalue weighted by Crippen LogP contribution is 2.59. The highest BCUT2D eigenvalue weighted by molar-refractivity contribution is 8.09. The van der Waals surface area contributed by atoms with E-state index >= 15 is 8.78 Å². The third-order valence-electron chi connectivity index (χ3n) is 8.94. The van der Waals surface area contributed by atoms with Gasteiger partial charge in [-0.25, -0.2) is 16.8 Å². The first-order valence-electron chi connectivity index (χ1n) is 13.1. The van der Waals surface area contributed by atoms with Gasteiger partial charge in [-0.2, -0.15) is 22.0 Å². The number of sulfone groups is 2. The molecule has 3 saturated carbocycles. The van der Waals surface area contributed by atoms with E-state index < -0.39 is 53.1 Å². The molecule has 0 spiro atoms. The van der Waals surface area contributed by atoms with E-state index in [0.717, 1.165) is 96.3 Å². The summed E-state index contributed by atoms with van der Waals surface area (Å²) in [4.78, 5) is 13.2. The van der Waals surface area contributed by atoms with E-state index in [9.17, 15) is 34.8 Å². The van der Waals surface area contributed by atoms with Gasteiger partial charge in [0, 0.05) is 6.42 Å². The number of Topliss-reactive ketones (excluding diaryl/α,β-unsaturated/α-hetero) is 1. The van der Waals surface area contributed by atoms with Crippen molar-refractivity contribution in [3.63, 3.8) is 0 Å². The largest absolute Gasteiger partial charge is 0.498 e. The zero-order chi connectivity index (χ0) is 26.8. The molecule has 5 nitrogen and oxygen atoms in total. The van der Waals surface area contributed by atoms with Gasteiger partial charge in [0.05, 0.1) is 0 Å². The topological polar surface area (TPSA) is 85.3 Å². The quantitative estimate of drug-likeness (QED) is 0.296. The van der Waals surface area contributed by atoms with Crippen LogP contribution in [0.3, 0.4) is 0 Å². The highest BCUT2D eigenvalue weighted by Gasteiger charge is 2.61. The van der Waals surface area contributed by atoms with Crippen molar-refractivity contribution in [3.05, 3.63) is 0 Å². The maximum absolute atomic E-state index is 15.2. The Bertz CT molecular complexity index is 927. The van der Waals surface area contributed by atoms with Gasteiger partial charge in [-0.15, -0.1) is 0 Å². The molecule has 210 valence electrons. The fraction of sp³-hybridized carbons (Fsp3) is 0.958. The van der Waals surface area contributed by atoms with Crippen LogP contribution in [0.5, 0.6) is 0 Å². The number of ketones is 1. The molecule has 0 amide bonds. The van der Waals surface area contributed by atoms with Crippen molar-refractivity contribution in [2.24, 2.45) is 23.2 Å². The summed E-state index contributed by atoms with van der Waals surface area (Å²) >= 11 is 0. The second-order valence-electron chi connectivity index (χ2n) is 11.0. The summed E-state index contributed by atoms with van der Waals surface area (Å²) < 4.78 is 116. The summed E-state index contributed by atoms with van der Waals surface area (Å²) in [7, 11) is -12.7. The molecule has 0 bridgehead atoms. The number of hydrogen-bond acceptors (Lipinski definition) is 5. The summed E-state index contributed by atoms with van der Waals surface area (Å²) in [6.07, 6.45) is 12.1. The molecule has 0 aromatic carbocycles. The smallest absolute Gasteiger partial charge is 0.292 e. The van der Waals surface area contributed by atoms with Gasteiger partial charge in [-0.3, -0.25) is 4.79 Å². The Morgan fingerprint density at radius 1 is 0.583 bits per heavy atom. The number of rotatable bonds is 9. The average molecular weight is 565 g/mol. The van der Waals surface area contributed by atoms with Gasteiger partial charge in [0.15, 0.2) is 5.08 Å². The third kappa shape index (κ3) is 5.94. The molecule has 12 heteroatoms. The zero-order valence-corrected chi connectivity index (χ0v) is 22.1. The number of alkyl halides is 5. The van der Waals surface area contributed by atoms with Crippen LogP contribution in [0.15, 0.2) is 0 Å². The van der Waals surface area contributed by atoms with Crippen molar-refractivity contribution >= 4 is 25.5 Å². The van der Waals surface area contributed by atoms with E-state index in [-0.39, 0.29) is 17.8 Å². The van der Waals surface area contributed by atoms with Gasteiger partial charge in [-0.1, -0.05) is 57.8 Å². The normalized spacial score (nSPS) is 23.0. The molecular formula is C24H37F5O5S2. The van der Waals surface area contributed by atoms with Crippen molar-refractivity contribution in [3.8, 4) is 0 Å². The molecule has 3 aliphatic carbocycles. The Morgan fingerprint density at radius 3 is 1.22 bits per heavy atom. The number of carbonyl (C=O) groups excluding carboxylic acids is 1. The molecule has 0 unspecified atom stereocenters. The lowest BCUT2D eigenvalue weighted by Crippen LogP contribution is -2.52. The van der Waals surface area contributed by atoms with Crippen LogP contribution in [-0.2, 0) is 24.5 Å². The summed E-state index contributed by atoms with van der Waals surface area (Å²) in [6, 6.07) is 0. The molecule has 0 N–H and O–H groups in total. The number of hydrogen-bond donors (Lipinski definition) is 0. The SMILES string of the molecule is O=C(CC(C1CCCCC1)(C1CCCCC1)C1CCCCC1)C(F)(F)S(=O)(=O)CS(=O)(=O)C(F)(F)F. The van der Waals surface area contributed by atoms with Crippen LogP contribution >= 0.6 is 0 Å². The van der Waals surface area contributed by atoms with Crippen LogP contribution in [0, 0.1) is 23.2 Å². The van der Waals surface area contributed by atoms with E-state index in [0.29, 0.717) is 0 Å². The van der Waals surface area contributed by atoms with Crippen molar-refractivity contribution in [2.75, 3.05) is 5.08 Å². The van der Waals surface area contributed by atoms with Crippen molar-refractivity contribution < 1.29 is 43.6 Å². The van der Waals surface area contributed by atoms with Gasteiger partial charge in [0.1, 0.15) is 0 Å². The minimum atomic E-state index is -6.40. The average Bonchev–Trinajstić information content (AvgIpc) is 2.82. The van der Waals surface area contributed by atoms with Gasteiger partial charge >= 0.3 is 10.8 Å². The Balaban J connectivity index is 2.01. The number of halogens is 5. The molecule has 36 heavy (non-hydrogen) atoms. The molecule has 0 atom stereocenters. The maximum atomic E-state index is 15.2. The first-order valence-corrected chi connectivity index (χ1v) is 16.4. The summed E-state index contributed by atoms with van der Waals surface area (Å²) in [5.74, 6) is -2.09. The summed E-state index contributed by atoms with van der Waals surface area (Å²) in [5.41, 5.74) is -6.87. The van der Waals surface area contributed by atoms with Gasteiger partial charge in [0.2, 0.25) is 15.6 Å². The predicted molar refractivity (Wildman–Crippen MR) is 125 cm³/mol. The fourth-order valence-corrected chi connectivity index (χ4v) is 10.4. The zero-order valence-electron chi connectivity index (χ0n) is 20.5. The van der Waals surface area contributed by atoms with E-state index in [1.807, 2.05) is 0 Å². The Morgan fingerprint density at radius 2 is 0.917 bits per heavy atom. The van der Waals surface area contributed by atoms with Crippen LogP contribution in [0.25, 0.3) is 0 Å². The van der Waals surface area contributed by atoms with Gasteiger partial charge in [-0.05, 0) is 61.7 Å². The Labute approximate surface area is 210 Å². The standard InChI is InChI=1S/C24H37F5O5S2/c25-23(26,35(31,32)17-36(33,34)24(27,28)29)21(30)16-22(18-10-4-1-5-11-18,19-12-6-2-7-13-19)20-14-8-3-9-15-20/h18-20H,1-17H2. The van der Waals surface area contributed by atoms with Gasteiger partial charge < -0.3 is 0 Å². The fourth-order valence-electron chi connectivity index (χ4n) is 7.25. The van der Waals surface area contributed by atoms with E-state index in [4.69, 9.17) is 0 Å². The lowest BCUT2D eigenvalue weighted by Gasteiger charge is -2.55. The van der Waals surface area contributed by atoms with Crippen LogP contribution in [-0.4, -0.2) is 38.5 Å². The molecule has 3 rings (SSSR count). The minimum absolute atomic E-state index is 0.0428. The molecule has 0 aliphatic heterocycles. The Hall–Kier alpha value is -0.780. The van der Waals surface area contributed by atoms with Crippen molar-refractivity contribution in [1.82, 2.24) is 0 Å². The van der Waals surface area contributed by atoms with Gasteiger partial charge in [0.25, 0.3) is 9.84 Å². The molecule has 0 saturated heterocycles. The molecule has 0 heterocycles. The van der Waals surface area contributed by atoms with E-state index in [2.05, 4.69) is 0 Å². The van der Waals surface area contributed by atoms with E-state index in [1.54, 1.807) is 0 Å². The molecule has 3 aliphatic rings. The molecule has 0 aromatic rings. The van der Waals surface area contributed by atoms with Crippen molar-refractivity contribution in [2.45, 2.75) is 113 Å². The third-order valence-corrected chi connectivity index (χ3v) is 13.1. The maximum Gasteiger partial charge on any atom is 0.498 e. The Kier molecular flexibility index (Phi) is 9.21. The first-order chi connectivity index (χ1) is 16.7. The van der Waals surface area contributed by atoms with E-state index in [1.165, 1.54) is 0 Å². The highest BCUT2D eigenvalue weighted by atomic mass is 32.3. The lowest BCUT2D eigenvalue weighted by molar-refractivity contribution is -0.143. The van der Waals surface area contributed by atoms with Crippen LogP contribution in [0.4, 0.5) is 22.0 Å². The van der Waals surface area contributed by atoms with Crippen molar-refractivity contribution in [1.29, 1.82) is 0 Å². The summed E-state index contributed by atoms with van der Waals surface area (Å²) in [6.45, 7) is 0.